The van der Waals surface area contributed by atoms with Gasteiger partial charge in [0, 0.05) is 30.4 Å². The highest BCUT2D eigenvalue weighted by atomic mass is 16.5. The Hall–Kier alpha value is -2.01. The van der Waals surface area contributed by atoms with Gasteiger partial charge in [0.25, 0.3) is 0 Å². The number of hydrogen-bond acceptors (Lipinski definition) is 5. The van der Waals surface area contributed by atoms with E-state index in [1.807, 2.05) is 18.2 Å². The maximum Gasteiger partial charge on any atom is 0.136 e. The average molecular weight is 284 g/mol. The second-order valence-corrected chi connectivity index (χ2v) is 5.14. The number of nitrogens with one attached hydrogen (secondary N) is 1. The van der Waals surface area contributed by atoms with Crippen LogP contribution in [-0.2, 0) is 24.2 Å². The summed E-state index contributed by atoms with van der Waals surface area (Å²) in [6.45, 7) is 4.39. The van der Waals surface area contributed by atoms with Gasteiger partial charge in [-0.2, -0.15) is 0 Å². The quantitative estimate of drug-likeness (QED) is 0.913. The number of aromatic nitrogens is 3. The van der Waals surface area contributed by atoms with Crippen molar-refractivity contribution < 1.29 is 4.74 Å². The second-order valence-electron chi connectivity index (χ2n) is 5.14. The van der Waals surface area contributed by atoms with Crippen molar-refractivity contribution in [1.29, 1.82) is 0 Å². The first-order valence-electron chi connectivity index (χ1n) is 7.47. The molecule has 0 bridgehead atoms. The molecule has 2 aromatic rings. The molecule has 110 valence electrons. The molecule has 5 heteroatoms. The lowest BCUT2D eigenvalue weighted by Crippen LogP contribution is -2.18. The minimum absolute atomic E-state index is 0.602. The molecule has 1 N–H and O–H groups in total. The molecule has 0 amide bonds. The third-order valence-corrected chi connectivity index (χ3v) is 3.48. The van der Waals surface area contributed by atoms with Crippen LogP contribution in [0.2, 0.25) is 0 Å². The van der Waals surface area contributed by atoms with Gasteiger partial charge in [0.05, 0.1) is 25.3 Å². The summed E-state index contributed by atoms with van der Waals surface area (Å²) in [5.41, 5.74) is 3.21. The van der Waals surface area contributed by atoms with Crippen LogP contribution in [-0.4, -0.2) is 28.1 Å². The monoisotopic (exact) mass is 284 g/mol. The van der Waals surface area contributed by atoms with Crippen molar-refractivity contribution in [3.05, 3.63) is 47.2 Å². The normalized spacial score (nSPS) is 13.8. The van der Waals surface area contributed by atoms with Gasteiger partial charge in [-0.15, -0.1) is 0 Å². The van der Waals surface area contributed by atoms with Crippen molar-refractivity contribution in [1.82, 2.24) is 15.0 Å². The molecular weight excluding hydrogens is 264 g/mol. The van der Waals surface area contributed by atoms with Crippen molar-refractivity contribution in [2.24, 2.45) is 0 Å². The molecule has 1 aliphatic rings. The fourth-order valence-corrected chi connectivity index (χ4v) is 2.42. The minimum atomic E-state index is 0.602. The molecule has 0 unspecified atom stereocenters. The van der Waals surface area contributed by atoms with Crippen LogP contribution in [0, 0.1) is 0 Å². The lowest BCUT2D eigenvalue weighted by molar-refractivity contribution is 0.109. The number of pyridine rings is 1. The Morgan fingerprint density at radius 1 is 1.29 bits per heavy atom. The summed E-state index contributed by atoms with van der Waals surface area (Å²) in [4.78, 5) is 13.7. The number of hydrogen-bond donors (Lipinski definition) is 1. The number of rotatable bonds is 5. The first-order chi connectivity index (χ1) is 10.4. The molecule has 0 aliphatic carbocycles. The molecule has 0 saturated carbocycles. The Balaban J connectivity index is 1.90. The summed E-state index contributed by atoms with van der Waals surface area (Å²) in [6, 6.07) is 5.92. The molecule has 3 heterocycles. The van der Waals surface area contributed by atoms with Crippen LogP contribution in [0.25, 0.3) is 0 Å². The van der Waals surface area contributed by atoms with Crippen molar-refractivity contribution in [2.75, 3.05) is 18.5 Å². The predicted molar refractivity (Wildman–Crippen MR) is 81.2 cm³/mol. The molecule has 0 spiro atoms. The van der Waals surface area contributed by atoms with E-state index in [0.717, 1.165) is 54.6 Å². The van der Waals surface area contributed by atoms with E-state index in [-0.39, 0.29) is 0 Å². The summed E-state index contributed by atoms with van der Waals surface area (Å²) in [6.07, 6.45) is 4.39. The third kappa shape index (κ3) is 3.36. The second kappa shape index (κ2) is 6.63. The van der Waals surface area contributed by atoms with Crippen molar-refractivity contribution in [3.63, 3.8) is 0 Å². The highest BCUT2D eigenvalue weighted by Gasteiger charge is 2.18. The molecule has 0 radical (unpaired) electrons. The molecule has 1 aliphatic heterocycles. The van der Waals surface area contributed by atoms with E-state index in [4.69, 9.17) is 9.72 Å². The van der Waals surface area contributed by atoms with E-state index in [1.165, 1.54) is 0 Å². The molecule has 0 atom stereocenters. The highest BCUT2D eigenvalue weighted by molar-refractivity contribution is 5.47. The molecule has 5 nitrogen and oxygen atoms in total. The van der Waals surface area contributed by atoms with Crippen LogP contribution < -0.4 is 5.32 Å². The lowest BCUT2D eigenvalue weighted by Gasteiger charge is -2.20. The molecule has 21 heavy (non-hydrogen) atoms. The van der Waals surface area contributed by atoms with E-state index in [9.17, 15) is 0 Å². The molecule has 3 rings (SSSR count). The molecule has 0 saturated heterocycles. The fraction of sp³-hybridized carbons (Fsp3) is 0.438. The van der Waals surface area contributed by atoms with Crippen molar-refractivity contribution in [2.45, 2.75) is 32.8 Å². The average Bonchev–Trinajstić information content (AvgIpc) is 2.53. The van der Waals surface area contributed by atoms with Gasteiger partial charge in [-0.1, -0.05) is 13.0 Å². The molecular formula is C16H20N4O. The summed E-state index contributed by atoms with van der Waals surface area (Å²) >= 11 is 0. The summed E-state index contributed by atoms with van der Waals surface area (Å²) in [7, 11) is 0. The molecule has 2 aromatic heterocycles. The van der Waals surface area contributed by atoms with E-state index in [2.05, 4.69) is 22.2 Å². The Bertz CT molecular complexity index is 601. The smallest absolute Gasteiger partial charge is 0.136 e. The predicted octanol–water partition coefficient (Wildman–Crippen LogP) is 2.36. The minimum Gasteiger partial charge on any atom is -0.376 e. The van der Waals surface area contributed by atoms with E-state index >= 15 is 0 Å². The zero-order chi connectivity index (χ0) is 14.5. The van der Waals surface area contributed by atoms with Gasteiger partial charge >= 0.3 is 0 Å². The van der Waals surface area contributed by atoms with Gasteiger partial charge in [-0.3, -0.25) is 4.98 Å². The number of anilines is 1. The maximum absolute atomic E-state index is 5.54. The number of ether oxygens (including phenoxy) is 1. The van der Waals surface area contributed by atoms with E-state index < -0.39 is 0 Å². The van der Waals surface area contributed by atoms with Crippen LogP contribution in [0.4, 0.5) is 5.82 Å². The summed E-state index contributed by atoms with van der Waals surface area (Å²) < 4.78 is 5.54. The van der Waals surface area contributed by atoms with Gasteiger partial charge in [-0.05, 0) is 18.6 Å². The van der Waals surface area contributed by atoms with Crippen molar-refractivity contribution >= 4 is 5.82 Å². The maximum atomic E-state index is 5.54. The van der Waals surface area contributed by atoms with Crippen molar-refractivity contribution in [3.8, 4) is 0 Å². The van der Waals surface area contributed by atoms with Gasteiger partial charge in [-0.25, -0.2) is 9.97 Å². The van der Waals surface area contributed by atoms with Crippen LogP contribution in [0.3, 0.4) is 0 Å². The van der Waals surface area contributed by atoms with Crippen LogP contribution in [0.15, 0.2) is 24.4 Å². The SMILES string of the molecule is CCCNc1nc(Cc2ccccn2)nc2c1COCC2. The number of fused-ring (bicyclic) bond motifs is 1. The first kappa shape index (κ1) is 13.9. The third-order valence-electron chi connectivity index (χ3n) is 3.48. The van der Waals surface area contributed by atoms with Gasteiger partial charge < -0.3 is 10.1 Å². The van der Waals surface area contributed by atoms with Gasteiger partial charge in [0.2, 0.25) is 0 Å². The van der Waals surface area contributed by atoms with Crippen LogP contribution >= 0.6 is 0 Å². The van der Waals surface area contributed by atoms with Crippen LogP contribution in [0.5, 0.6) is 0 Å². The Kier molecular flexibility index (Phi) is 4.40. The van der Waals surface area contributed by atoms with Crippen LogP contribution in [0.1, 0.15) is 36.1 Å². The van der Waals surface area contributed by atoms with E-state index in [1.54, 1.807) is 6.20 Å². The highest BCUT2D eigenvalue weighted by Crippen LogP contribution is 2.23. The summed E-state index contributed by atoms with van der Waals surface area (Å²) in [5, 5.41) is 3.40. The zero-order valence-corrected chi connectivity index (χ0v) is 12.3. The Morgan fingerprint density at radius 2 is 2.24 bits per heavy atom. The largest absolute Gasteiger partial charge is 0.376 e. The standard InChI is InChI=1S/C16H20N4O/c1-2-7-18-16-13-11-21-9-6-14(13)19-15(20-16)10-12-5-3-4-8-17-12/h3-5,8H,2,6-7,9-11H2,1H3,(H,18,19,20). The Labute approximate surface area is 124 Å². The molecule has 0 fully saturated rings. The molecule has 0 aromatic carbocycles. The summed E-state index contributed by atoms with van der Waals surface area (Å²) in [5.74, 6) is 1.75. The number of nitrogens with zero attached hydrogens (tertiary/aromatic N) is 3. The fourth-order valence-electron chi connectivity index (χ4n) is 2.42. The first-order valence-corrected chi connectivity index (χ1v) is 7.47. The topological polar surface area (TPSA) is 59.9 Å². The van der Waals surface area contributed by atoms with E-state index in [0.29, 0.717) is 13.0 Å². The van der Waals surface area contributed by atoms with Gasteiger partial charge in [0.1, 0.15) is 11.6 Å². The Morgan fingerprint density at radius 3 is 3.05 bits per heavy atom. The lowest BCUT2D eigenvalue weighted by atomic mass is 10.1. The zero-order valence-electron chi connectivity index (χ0n) is 12.3. The van der Waals surface area contributed by atoms with Gasteiger partial charge in [0.15, 0.2) is 0 Å².